The number of aryl methyl sites for hydroxylation is 1. The van der Waals surface area contributed by atoms with Crippen LogP contribution in [0.25, 0.3) is 0 Å². The summed E-state index contributed by atoms with van der Waals surface area (Å²) in [6, 6.07) is 8.29. The van der Waals surface area contributed by atoms with Gasteiger partial charge in [0.05, 0.1) is 6.20 Å². The molecule has 0 saturated heterocycles. The molecule has 2 N–H and O–H groups in total. The molecule has 1 aromatic carbocycles. The summed E-state index contributed by atoms with van der Waals surface area (Å²) in [6.45, 7) is 5.56. The van der Waals surface area contributed by atoms with Crippen LogP contribution in [0.4, 0.5) is 5.13 Å². The molecular weight excluding hydrogens is 282 g/mol. The molecule has 0 aliphatic heterocycles. The Hall–Kier alpha value is -1.88. The average Bonchev–Trinajstić information content (AvgIpc) is 2.91. The first-order valence-electron chi connectivity index (χ1n) is 7.16. The SMILES string of the molecule is CCCCN(Cc1ccc(C)cc1)C(=O)c1cnc(N)s1. The molecule has 0 aliphatic carbocycles. The third-order valence-corrected chi connectivity index (χ3v) is 4.11. The molecule has 112 valence electrons. The first kappa shape index (κ1) is 15.5. The maximum absolute atomic E-state index is 12.6. The van der Waals surface area contributed by atoms with Crippen LogP contribution < -0.4 is 5.73 Å². The van der Waals surface area contributed by atoms with Crippen molar-refractivity contribution in [1.82, 2.24) is 9.88 Å². The largest absolute Gasteiger partial charge is 0.375 e. The molecule has 0 radical (unpaired) electrons. The molecule has 0 bridgehead atoms. The lowest BCUT2D eigenvalue weighted by atomic mass is 10.1. The van der Waals surface area contributed by atoms with E-state index in [1.54, 1.807) is 6.20 Å². The predicted octanol–water partition coefficient (Wildman–Crippen LogP) is 3.48. The lowest BCUT2D eigenvalue weighted by molar-refractivity contribution is 0.0745. The summed E-state index contributed by atoms with van der Waals surface area (Å²) >= 11 is 1.25. The van der Waals surface area contributed by atoms with Crippen LogP contribution in [-0.2, 0) is 6.54 Å². The molecule has 2 rings (SSSR count). The lowest BCUT2D eigenvalue weighted by Gasteiger charge is -2.22. The Balaban J connectivity index is 2.13. The highest BCUT2D eigenvalue weighted by atomic mass is 32.1. The maximum atomic E-state index is 12.6. The van der Waals surface area contributed by atoms with Crippen LogP contribution in [0, 0.1) is 6.92 Å². The molecule has 2 aromatic rings. The topological polar surface area (TPSA) is 59.2 Å². The zero-order valence-electron chi connectivity index (χ0n) is 12.5. The van der Waals surface area contributed by atoms with E-state index < -0.39 is 0 Å². The fourth-order valence-electron chi connectivity index (χ4n) is 2.06. The number of thiazole rings is 1. The van der Waals surface area contributed by atoms with Crippen molar-refractivity contribution in [1.29, 1.82) is 0 Å². The minimum absolute atomic E-state index is 0.0122. The minimum atomic E-state index is 0.0122. The van der Waals surface area contributed by atoms with Gasteiger partial charge in [-0.15, -0.1) is 0 Å². The molecule has 0 saturated carbocycles. The van der Waals surface area contributed by atoms with Crippen molar-refractivity contribution in [2.45, 2.75) is 33.2 Å². The van der Waals surface area contributed by atoms with Crippen LogP contribution >= 0.6 is 11.3 Å². The van der Waals surface area contributed by atoms with Gasteiger partial charge in [0, 0.05) is 13.1 Å². The number of anilines is 1. The Morgan fingerprint density at radius 1 is 1.33 bits per heavy atom. The standard InChI is InChI=1S/C16H21N3OS/c1-3-4-9-19(11-13-7-5-12(2)6-8-13)15(20)14-10-18-16(17)21-14/h5-8,10H,3-4,9,11H2,1-2H3,(H2,17,18). The fourth-order valence-corrected chi connectivity index (χ4v) is 2.71. The average molecular weight is 303 g/mol. The van der Waals surface area contributed by atoms with Gasteiger partial charge in [-0.3, -0.25) is 4.79 Å². The summed E-state index contributed by atoms with van der Waals surface area (Å²) in [5.41, 5.74) is 7.99. The molecule has 0 fully saturated rings. The smallest absolute Gasteiger partial charge is 0.265 e. The summed E-state index contributed by atoms with van der Waals surface area (Å²) in [7, 11) is 0. The molecule has 1 aromatic heterocycles. The lowest BCUT2D eigenvalue weighted by Crippen LogP contribution is -2.31. The van der Waals surface area contributed by atoms with Crippen molar-refractivity contribution in [2.75, 3.05) is 12.3 Å². The normalized spacial score (nSPS) is 10.6. The molecule has 0 aliphatic rings. The van der Waals surface area contributed by atoms with Gasteiger partial charge >= 0.3 is 0 Å². The second kappa shape index (κ2) is 7.22. The number of nitrogens with two attached hydrogens (primary N) is 1. The molecule has 5 heteroatoms. The zero-order chi connectivity index (χ0) is 15.2. The van der Waals surface area contributed by atoms with Gasteiger partial charge in [-0.2, -0.15) is 0 Å². The second-order valence-corrected chi connectivity index (χ2v) is 6.19. The van der Waals surface area contributed by atoms with Gasteiger partial charge in [0.2, 0.25) is 0 Å². The van der Waals surface area contributed by atoms with E-state index in [0.29, 0.717) is 16.6 Å². The number of amides is 1. The van der Waals surface area contributed by atoms with Gasteiger partial charge in [-0.25, -0.2) is 4.98 Å². The van der Waals surface area contributed by atoms with E-state index in [0.717, 1.165) is 24.9 Å². The Morgan fingerprint density at radius 2 is 2.05 bits per heavy atom. The first-order chi connectivity index (χ1) is 10.1. The van der Waals surface area contributed by atoms with Gasteiger partial charge in [-0.05, 0) is 18.9 Å². The van der Waals surface area contributed by atoms with Crippen molar-refractivity contribution in [3.05, 3.63) is 46.5 Å². The Bertz CT molecular complexity index is 592. The number of carbonyl (C=O) groups is 1. The zero-order valence-corrected chi connectivity index (χ0v) is 13.3. The van der Waals surface area contributed by atoms with Gasteiger partial charge in [-0.1, -0.05) is 54.5 Å². The number of rotatable bonds is 6. The molecule has 21 heavy (non-hydrogen) atoms. The number of carbonyl (C=O) groups excluding carboxylic acids is 1. The van der Waals surface area contributed by atoms with Gasteiger partial charge < -0.3 is 10.6 Å². The molecule has 4 nitrogen and oxygen atoms in total. The van der Waals surface area contributed by atoms with E-state index in [1.165, 1.54) is 16.9 Å². The number of hydrogen-bond acceptors (Lipinski definition) is 4. The van der Waals surface area contributed by atoms with E-state index in [9.17, 15) is 4.79 Å². The third kappa shape index (κ3) is 4.29. The monoisotopic (exact) mass is 303 g/mol. The second-order valence-electron chi connectivity index (χ2n) is 5.13. The Morgan fingerprint density at radius 3 is 2.62 bits per heavy atom. The minimum Gasteiger partial charge on any atom is -0.375 e. The molecule has 0 unspecified atom stereocenters. The van der Waals surface area contributed by atoms with Crippen molar-refractivity contribution in [3.63, 3.8) is 0 Å². The van der Waals surface area contributed by atoms with Gasteiger partial charge in [0.25, 0.3) is 5.91 Å². The van der Waals surface area contributed by atoms with Crippen LogP contribution in [-0.4, -0.2) is 22.3 Å². The van der Waals surface area contributed by atoms with E-state index in [1.807, 2.05) is 4.90 Å². The van der Waals surface area contributed by atoms with Crippen LogP contribution in [0.3, 0.4) is 0 Å². The van der Waals surface area contributed by atoms with E-state index in [-0.39, 0.29) is 5.91 Å². The predicted molar refractivity (Wildman–Crippen MR) is 87.4 cm³/mol. The molecule has 1 amide bonds. The number of aromatic nitrogens is 1. The van der Waals surface area contributed by atoms with Gasteiger partial charge in [0.15, 0.2) is 5.13 Å². The van der Waals surface area contributed by atoms with Crippen molar-refractivity contribution in [2.24, 2.45) is 0 Å². The number of nitrogen functional groups attached to an aromatic ring is 1. The molecule has 1 heterocycles. The highest BCUT2D eigenvalue weighted by Crippen LogP contribution is 2.18. The summed E-state index contributed by atoms with van der Waals surface area (Å²) in [6.07, 6.45) is 3.62. The Kier molecular flexibility index (Phi) is 5.33. The highest BCUT2D eigenvalue weighted by molar-refractivity contribution is 7.17. The molecular formula is C16H21N3OS. The molecule has 0 atom stereocenters. The number of benzene rings is 1. The van der Waals surface area contributed by atoms with Crippen molar-refractivity contribution in [3.8, 4) is 0 Å². The maximum Gasteiger partial charge on any atom is 0.265 e. The van der Waals surface area contributed by atoms with Gasteiger partial charge in [0.1, 0.15) is 4.88 Å². The summed E-state index contributed by atoms with van der Waals surface area (Å²) in [5, 5.41) is 0.434. The van der Waals surface area contributed by atoms with E-state index >= 15 is 0 Å². The van der Waals surface area contributed by atoms with E-state index in [2.05, 4.69) is 43.1 Å². The Labute approximate surface area is 129 Å². The summed E-state index contributed by atoms with van der Waals surface area (Å²) in [5.74, 6) is 0.0122. The van der Waals surface area contributed by atoms with Crippen LogP contribution in [0.5, 0.6) is 0 Å². The van der Waals surface area contributed by atoms with E-state index in [4.69, 9.17) is 5.73 Å². The third-order valence-electron chi connectivity index (χ3n) is 3.30. The quantitative estimate of drug-likeness (QED) is 0.889. The van der Waals surface area contributed by atoms with Crippen LogP contribution in [0.15, 0.2) is 30.5 Å². The summed E-state index contributed by atoms with van der Waals surface area (Å²) < 4.78 is 0. The highest BCUT2D eigenvalue weighted by Gasteiger charge is 2.18. The number of nitrogens with zero attached hydrogens (tertiary/aromatic N) is 2. The first-order valence-corrected chi connectivity index (χ1v) is 7.98. The number of hydrogen-bond donors (Lipinski definition) is 1. The van der Waals surface area contributed by atoms with Crippen molar-refractivity contribution < 1.29 is 4.79 Å². The molecule has 0 spiro atoms. The van der Waals surface area contributed by atoms with Crippen molar-refractivity contribution >= 4 is 22.4 Å². The number of unbranched alkanes of at least 4 members (excludes halogenated alkanes) is 1. The fraction of sp³-hybridized carbons (Fsp3) is 0.375. The van der Waals surface area contributed by atoms with Crippen LogP contribution in [0.1, 0.15) is 40.6 Å². The summed E-state index contributed by atoms with van der Waals surface area (Å²) in [4.78, 5) is 19.0. The van der Waals surface area contributed by atoms with Crippen LogP contribution in [0.2, 0.25) is 0 Å².